The maximum Gasteiger partial charge on any atom is 0.153 e. The molecule has 7 nitrogen and oxygen atoms in total. The second-order valence-corrected chi connectivity index (χ2v) is 10.8. The van der Waals surface area contributed by atoms with E-state index in [1.807, 2.05) is 60.7 Å². The fourth-order valence-electron chi connectivity index (χ4n) is 5.85. The molecule has 4 atom stereocenters. The van der Waals surface area contributed by atoms with Crippen molar-refractivity contribution in [2.75, 3.05) is 21.3 Å². The zero-order valence-electron chi connectivity index (χ0n) is 23.0. The van der Waals surface area contributed by atoms with E-state index in [9.17, 15) is 10.2 Å². The predicted octanol–water partition coefficient (Wildman–Crippen LogP) is 8.11. The molecule has 2 aliphatic heterocycles. The summed E-state index contributed by atoms with van der Waals surface area (Å²) in [5.74, 6) is 0.934. The molecule has 4 aromatic rings. The van der Waals surface area contributed by atoms with Crippen LogP contribution in [0.5, 0.6) is 40.2 Å². The van der Waals surface area contributed by atoms with Crippen molar-refractivity contribution in [3.8, 4) is 40.2 Å². The molecule has 0 spiro atoms. The Morgan fingerprint density at radius 3 is 1.88 bits per heavy atom. The van der Waals surface area contributed by atoms with Crippen molar-refractivity contribution < 1.29 is 33.9 Å². The van der Waals surface area contributed by atoms with Crippen LogP contribution < -0.4 is 23.7 Å². The van der Waals surface area contributed by atoms with Crippen molar-refractivity contribution in [3.05, 3.63) is 105 Å². The van der Waals surface area contributed by atoms with Crippen LogP contribution in [0.3, 0.4) is 0 Å². The van der Waals surface area contributed by atoms with Crippen LogP contribution in [0.15, 0.2) is 72.8 Å². The van der Waals surface area contributed by atoms with Crippen LogP contribution in [0.4, 0.5) is 0 Å². The molecule has 0 saturated heterocycles. The van der Waals surface area contributed by atoms with Crippen LogP contribution in [0.1, 0.15) is 40.4 Å². The Hall–Kier alpha value is -4.20. The first-order chi connectivity index (χ1) is 20.4. The molecule has 4 aromatic carbocycles. The number of aromatic hydroxyl groups is 2. The van der Waals surface area contributed by atoms with Gasteiger partial charge >= 0.3 is 0 Å². The number of fused-ring (bicyclic) bond motifs is 4. The van der Waals surface area contributed by atoms with Crippen LogP contribution in [0.2, 0.25) is 10.0 Å². The maximum absolute atomic E-state index is 10.7. The highest BCUT2D eigenvalue weighted by Crippen LogP contribution is 2.64. The molecular weight excluding hydrogens is 579 g/mol. The molecule has 9 heteroatoms. The number of halogens is 2. The molecular formula is C33H28Cl2O7. The number of allylic oxidation sites excluding steroid dienone is 1. The summed E-state index contributed by atoms with van der Waals surface area (Å²) in [5.41, 5.74) is 3.03. The number of phenols is 2. The van der Waals surface area contributed by atoms with E-state index in [1.165, 1.54) is 26.4 Å². The Balaban J connectivity index is 1.62. The van der Waals surface area contributed by atoms with Crippen LogP contribution in [-0.4, -0.2) is 31.5 Å². The predicted molar refractivity (Wildman–Crippen MR) is 161 cm³/mol. The molecule has 0 fully saturated rings. The lowest BCUT2D eigenvalue weighted by atomic mass is 9.71. The maximum atomic E-state index is 10.7. The Kier molecular flexibility index (Phi) is 7.47. The molecule has 6 rings (SSSR count). The SMILES string of the molecule is COc1ccc(/C=C/[C@@H]2c3c(OC)cc(O)c(Cl)c3O[C@H]3c4c(OC)cc(O)c(Cl)c4O[C@H](c4ccccc4)[C@@H]23)cc1. The summed E-state index contributed by atoms with van der Waals surface area (Å²) < 4.78 is 30.1. The summed E-state index contributed by atoms with van der Waals surface area (Å²) in [6, 6.07) is 20.4. The third kappa shape index (κ3) is 4.63. The van der Waals surface area contributed by atoms with E-state index >= 15 is 0 Å². The van der Waals surface area contributed by atoms with E-state index in [0.717, 1.165) is 16.9 Å². The second-order valence-electron chi connectivity index (χ2n) is 10.0. The van der Waals surface area contributed by atoms with E-state index in [-0.39, 0.29) is 44.9 Å². The van der Waals surface area contributed by atoms with Gasteiger partial charge in [0.15, 0.2) is 5.75 Å². The Morgan fingerprint density at radius 1 is 0.714 bits per heavy atom. The molecule has 2 heterocycles. The van der Waals surface area contributed by atoms with Crippen molar-refractivity contribution in [1.82, 2.24) is 0 Å². The second kappa shape index (κ2) is 11.2. The zero-order chi connectivity index (χ0) is 29.5. The number of hydrogen-bond acceptors (Lipinski definition) is 7. The molecule has 0 radical (unpaired) electrons. The number of hydrogen-bond donors (Lipinski definition) is 2. The average molecular weight is 607 g/mol. The highest BCUT2D eigenvalue weighted by Gasteiger charge is 2.52. The van der Waals surface area contributed by atoms with Crippen LogP contribution >= 0.6 is 23.2 Å². The molecule has 0 amide bonds. The van der Waals surface area contributed by atoms with Crippen molar-refractivity contribution in [2.24, 2.45) is 5.92 Å². The molecule has 0 bridgehead atoms. The lowest BCUT2D eigenvalue weighted by Crippen LogP contribution is -2.39. The summed E-state index contributed by atoms with van der Waals surface area (Å²) in [6.45, 7) is 0. The standard InChI is InChI=1S/C33H28Cl2O7/c1-38-19-12-9-17(10-13-19)11-14-20-25-23(39-2)15-21(36)28(34)32(25)42-31-26(20)30(18-7-5-4-6-8-18)41-33-27(31)24(40-3)16-22(37)29(33)35/h4-16,20,26,30-31,36-37H,1-3H3/b14-11+/t20-,26-,30-,31-/m1/s1. The number of phenolic OH excluding ortho intramolecular Hbond substituents is 2. The van der Waals surface area contributed by atoms with E-state index in [4.69, 9.17) is 46.9 Å². The summed E-state index contributed by atoms with van der Waals surface area (Å²) in [6.07, 6.45) is 2.81. The first-order valence-electron chi connectivity index (χ1n) is 13.3. The van der Waals surface area contributed by atoms with Gasteiger partial charge in [-0.3, -0.25) is 0 Å². The first kappa shape index (κ1) is 27.9. The Morgan fingerprint density at radius 2 is 1.29 bits per heavy atom. The normalized spacial score (nSPS) is 20.5. The summed E-state index contributed by atoms with van der Waals surface area (Å²) in [5, 5.41) is 21.4. The van der Waals surface area contributed by atoms with Gasteiger partial charge in [-0.1, -0.05) is 77.8 Å². The van der Waals surface area contributed by atoms with Gasteiger partial charge in [0.05, 0.1) is 32.8 Å². The molecule has 2 N–H and O–H groups in total. The number of rotatable bonds is 6. The highest BCUT2D eigenvalue weighted by atomic mass is 35.5. The van der Waals surface area contributed by atoms with Crippen molar-refractivity contribution in [3.63, 3.8) is 0 Å². The topological polar surface area (TPSA) is 86.6 Å². The smallest absolute Gasteiger partial charge is 0.153 e. The minimum Gasteiger partial charge on any atom is -0.506 e. The van der Waals surface area contributed by atoms with Gasteiger partial charge in [0.1, 0.15) is 56.8 Å². The molecule has 42 heavy (non-hydrogen) atoms. The van der Waals surface area contributed by atoms with E-state index in [2.05, 4.69) is 6.08 Å². The van der Waals surface area contributed by atoms with Gasteiger partial charge in [-0.05, 0) is 23.3 Å². The monoisotopic (exact) mass is 606 g/mol. The fourth-order valence-corrected chi connectivity index (χ4v) is 6.26. The van der Waals surface area contributed by atoms with E-state index < -0.39 is 12.2 Å². The Labute approximate surface area is 253 Å². The number of benzene rings is 4. The van der Waals surface area contributed by atoms with Crippen LogP contribution in [0, 0.1) is 5.92 Å². The number of methoxy groups -OCH3 is 3. The van der Waals surface area contributed by atoms with Crippen molar-refractivity contribution in [2.45, 2.75) is 18.1 Å². The van der Waals surface area contributed by atoms with Gasteiger partial charge < -0.3 is 33.9 Å². The summed E-state index contributed by atoms with van der Waals surface area (Å²) in [7, 11) is 4.66. The van der Waals surface area contributed by atoms with Gasteiger partial charge in [-0.2, -0.15) is 0 Å². The van der Waals surface area contributed by atoms with Gasteiger partial charge in [0.2, 0.25) is 0 Å². The molecule has 0 unspecified atom stereocenters. The lowest BCUT2D eigenvalue weighted by Gasteiger charge is -2.47. The lowest BCUT2D eigenvalue weighted by molar-refractivity contribution is -0.0105. The van der Waals surface area contributed by atoms with Gasteiger partial charge in [-0.15, -0.1) is 0 Å². The molecule has 216 valence electrons. The average Bonchev–Trinajstić information content (AvgIpc) is 3.02. The van der Waals surface area contributed by atoms with Gasteiger partial charge in [0.25, 0.3) is 0 Å². The Bertz CT molecular complexity index is 1650. The third-order valence-corrected chi connectivity index (χ3v) is 8.54. The molecule has 2 aliphatic rings. The molecule has 0 aromatic heterocycles. The molecule has 0 saturated carbocycles. The van der Waals surface area contributed by atoms with Gasteiger partial charge in [0, 0.05) is 23.6 Å². The summed E-state index contributed by atoms with van der Waals surface area (Å²) >= 11 is 13.3. The third-order valence-electron chi connectivity index (χ3n) is 7.81. The van der Waals surface area contributed by atoms with Crippen LogP contribution in [-0.2, 0) is 0 Å². The minimum atomic E-state index is -0.700. The minimum absolute atomic E-state index is 0.0458. The molecule has 0 aliphatic carbocycles. The van der Waals surface area contributed by atoms with E-state index in [0.29, 0.717) is 22.6 Å². The highest BCUT2D eigenvalue weighted by molar-refractivity contribution is 6.34. The van der Waals surface area contributed by atoms with Gasteiger partial charge in [-0.25, -0.2) is 0 Å². The zero-order valence-corrected chi connectivity index (χ0v) is 24.5. The van der Waals surface area contributed by atoms with E-state index in [1.54, 1.807) is 7.11 Å². The van der Waals surface area contributed by atoms with Crippen molar-refractivity contribution >= 4 is 29.3 Å². The number of ether oxygens (including phenoxy) is 5. The van der Waals surface area contributed by atoms with Crippen molar-refractivity contribution in [1.29, 1.82) is 0 Å². The first-order valence-corrected chi connectivity index (χ1v) is 14.0. The van der Waals surface area contributed by atoms with Crippen LogP contribution in [0.25, 0.3) is 6.08 Å². The summed E-state index contributed by atoms with van der Waals surface area (Å²) in [4.78, 5) is 0. The quantitative estimate of drug-likeness (QED) is 0.229. The largest absolute Gasteiger partial charge is 0.506 e. The fraction of sp³-hybridized carbons (Fsp3) is 0.212.